The molecule has 0 aliphatic heterocycles. The zero-order valence-electron chi connectivity index (χ0n) is 16.0. The summed E-state index contributed by atoms with van der Waals surface area (Å²) in [6, 6.07) is 0. The summed E-state index contributed by atoms with van der Waals surface area (Å²) in [5.74, 6) is 1.58. The maximum Gasteiger partial charge on any atom is 0.407 e. The van der Waals surface area contributed by atoms with Crippen molar-refractivity contribution in [3.05, 3.63) is 0 Å². The van der Waals surface area contributed by atoms with Crippen LogP contribution < -0.4 is 16.0 Å². The van der Waals surface area contributed by atoms with Crippen LogP contribution >= 0.6 is 24.0 Å². The average molecular weight is 470 g/mol. The maximum atomic E-state index is 11.5. The molecule has 1 amide bonds. The van der Waals surface area contributed by atoms with Gasteiger partial charge in [0.15, 0.2) is 5.96 Å². The molecule has 148 valence electrons. The predicted molar refractivity (Wildman–Crippen MR) is 112 cm³/mol. The Kier molecular flexibility index (Phi) is 13.0. The summed E-state index contributed by atoms with van der Waals surface area (Å²) in [5, 5.41) is 9.17. The van der Waals surface area contributed by atoms with Gasteiger partial charge in [0.1, 0.15) is 5.60 Å². The Morgan fingerprint density at radius 3 is 2.48 bits per heavy atom. The fourth-order valence-electron chi connectivity index (χ4n) is 1.89. The van der Waals surface area contributed by atoms with Gasteiger partial charge in [-0.1, -0.05) is 0 Å². The largest absolute Gasteiger partial charge is 0.444 e. The lowest BCUT2D eigenvalue weighted by molar-refractivity contribution is 0.0527. The van der Waals surface area contributed by atoms with E-state index in [9.17, 15) is 4.79 Å². The van der Waals surface area contributed by atoms with Gasteiger partial charge in [-0.2, -0.15) is 0 Å². The first-order valence-electron chi connectivity index (χ1n) is 8.97. The van der Waals surface area contributed by atoms with Gasteiger partial charge >= 0.3 is 6.09 Å². The molecule has 0 bridgehead atoms. The number of hydrogen-bond donors (Lipinski definition) is 3. The topological polar surface area (TPSA) is 84.0 Å². The van der Waals surface area contributed by atoms with Gasteiger partial charge in [0.25, 0.3) is 0 Å². The smallest absolute Gasteiger partial charge is 0.407 e. The minimum Gasteiger partial charge on any atom is -0.444 e. The number of ether oxygens (including phenoxy) is 2. The van der Waals surface area contributed by atoms with Gasteiger partial charge in [0.2, 0.25) is 0 Å². The second-order valence-electron chi connectivity index (χ2n) is 6.99. The SMILES string of the molecule is CCNC(=NCCCNC(=O)OC(C)(C)C)NCCOCC1CC1.I. The summed E-state index contributed by atoms with van der Waals surface area (Å²) >= 11 is 0. The molecule has 25 heavy (non-hydrogen) atoms. The Morgan fingerprint density at radius 2 is 1.88 bits per heavy atom. The maximum absolute atomic E-state index is 11.5. The minimum absolute atomic E-state index is 0. The summed E-state index contributed by atoms with van der Waals surface area (Å²) < 4.78 is 10.8. The predicted octanol–water partition coefficient (Wildman–Crippen LogP) is 2.50. The van der Waals surface area contributed by atoms with E-state index in [1.54, 1.807) is 0 Å². The van der Waals surface area contributed by atoms with Gasteiger partial charge in [-0.25, -0.2) is 4.79 Å². The van der Waals surface area contributed by atoms with Crippen LogP contribution in [0.4, 0.5) is 4.79 Å². The van der Waals surface area contributed by atoms with Crippen molar-refractivity contribution in [1.29, 1.82) is 0 Å². The fraction of sp³-hybridized carbons (Fsp3) is 0.882. The number of hydrogen-bond acceptors (Lipinski definition) is 4. The third-order valence-electron chi connectivity index (χ3n) is 3.21. The Hall–Kier alpha value is -0.770. The van der Waals surface area contributed by atoms with Crippen molar-refractivity contribution in [2.45, 2.75) is 52.6 Å². The van der Waals surface area contributed by atoms with Crippen LogP contribution in [0.3, 0.4) is 0 Å². The lowest BCUT2D eigenvalue weighted by atomic mass is 10.2. The highest BCUT2D eigenvalue weighted by Crippen LogP contribution is 2.28. The van der Waals surface area contributed by atoms with Crippen LogP contribution in [0.25, 0.3) is 0 Å². The van der Waals surface area contributed by atoms with E-state index >= 15 is 0 Å². The van der Waals surface area contributed by atoms with Crippen LogP contribution in [0, 0.1) is 5.92 Å². The van der Waals surface area contributed by atoms with E-state index in [0.717, 1.165) is 38.0 Å². The second-order valence-corrected chi connectivity index (χ2v) is 6.99. The quantitative estimate of drug-likeness (QED) is 0.198. The Bertz CT molecular complexity index is 396. The van der Waals surface area contributed by atoms with Gasteiger partial charge in [-0.3, -0.25) is 4.99 Å². The van der Waals surface area contributed by atoms with E-state index < -0.39 is 5.60 Å². The molecule has 7 nitrogen and oxygen atoms in total. The molecule has 1 fully saturated rings. The monoisotopic (exact) mass is 470 g/mol. The summed E-state index contributed by atoms with van der Waals surface area (Å²) in [6.45, 7) is 11.9. The number of nitrogens with zero attached hydrogens (tertiary/aromatic N) is 1. The minimum atomic E-state index is -0.466. The Morgan fingerprint density at radius 1 is 1.16 bits per heavy atom. The highest BCUT2D eigenvalue weighted by atomic mass is 127. The second kappa shape index (κ2) is 13.4. The van der Waals surface area contributed by atoms with Crippen LogP contribution in [0.15, 0.2) is 4.99 Å². The molecule has 0 aromatic rings. The third kappa shape index (κ3) is 15.2. The summed E-state index contributed by atoms with van der Waals surface area (Å²) in [5.41, 5.74) is -0.466. The molecule has 3 N–H and O–H groups in total. The molecule has 1 rings (SSSR count). The molecule has 0 heterocycles. The molecule has 0 atom stereocenters. The Labute approximate surface area is 169 Å². The van der Waals surface area contributed by atoms with E-state index in [1.807, 2.05) is 27.7 Å². The highest BCUT2D eigenvalue weighted by molar-refractivity contribution is 14.0. The van der Waals surface area contributed by atoms with Crippen LogP contribution in [0.2, 0.25) is 0 Å². The molecule has 1 saturated carbocycles. The van der Waals surface area contributed by atoms with Crippen molar-refractivity contribution in [3.63, 3.8) is 0 Å². The molecular formula is C17H35IN4O3. The number of alkyl carbamates (subject to hydrolysis) is 1. The highest BCUT2D eigenvalue weighted by Gasteiger charge is 2.20. The molecule has 0 unspecified atom stereocenters. The average Bonchev–Trinajstić information content (AvgIpc) is 3.28. The molecular weight excluding hydrogens is 435 g/mol. The molecule has 0 spiro atoms. The summed E-state index contributed by atoms with van der Waals surface area (Å²) in [7, 11) is 0. The van der Waals surface area contributed by atoms with Gasteiger partial charge in [-0.05, 0) is 52.9 Å². The van der Waals surface area contributed by atoms with Gasteiger partial charge in [-0.15, -0.1) is 24.0 Å². The summed E-state index contributed by atoms with van der Waals surface area (Å²) in [4.78, 5) is 16.0. The number of amides is 1. The van der Waals surface area contributed by atoms with Crippen LogP contribution in [0.5, 0.6) is 0 Å². The molecule has 1 aliphatic rings. The summed E-state index contributed by atoms with van der Waals surface area (Å²) in [6.07, 6.45) is 3.00. The van der Waals surface area contributed by atoms with E-state index in [-0.39, 0.29) is 30.1 Å². The van der Waals surface area contributed by atoms with Crippen molar-refractivity contribution in [2.24, 2.45) is 10.9 Å². The van der Waals surface area contributed by atoms with E-state index in [2.05, 4.69) is 20.9 Å². The molecule has 0 aromatic heterocycles. The molecule has 0 saturated heterocycles. The first-order valence-corrected chi connectivity index (χ1v) is 8.97. The number of halogens is 1. The first kappa shape index (κ1) is 24.2. The zero-order chi connectivity index (χ0) is 17.8. The van der Waals surface area contributed by atoms with Crippen molar-refractivity contribution in [1.82, 2.24) is 16.0 Å². The van der Waals surface area contributed by atoms with Crippen molar-refractivity contribution >= 4 is 36.0 Å². The normalized spacial score (nSPS) is 14.5. The van der Waals surface area contributed by atoms with Gasteiger partial charge in [0, 0.05) is 32.8 Å². The van der Waals surface area contributed by atoms with E-state index in [1.165, 1.54) is 12.8 Å². The van der Waals surface area contributed by atoms with Crippen molar-refractivity contribution in [2.75, 3.05) is 39.4 Å². The number of nitrogens with one attached hydrogen (secondary N) is 3. The molecule has 0 aromatic carbocycles. The van der Waals surface area contributed by atoms with Crippen LogP contribution in [-0.2, 0) is 9.47 Å². The van der Waals surface area contributed by atoms with Gasteiger partial charge < -0.3 is 25.4 Å². The van der Waals surface area contributed by atoms with Gasteiger partial charge in [0.05, 0.1) is 6.61 Å². The first-order chi connectivity index (χ1) is 11.4. The van der Waals surface area contributed by atoms with E-state index in [0.29, 0.717) is 19.7 Å². The van der Waals surface area contributed by atoms with Crippen LogP contribution in [-0.4, -0.2) is 57.0 Å². The molecule has 0 radical (unpaired) electrons. The lowest BCUT2D eigenvalue weighted by Gasteiger charge is -2.19. The number of carbonyl (C=O) groups is 1. The number of aliphatic imine (C=N–C) groups is 1. The van der Waals surface area contributed by atoms with E-state index in [4.69, 9.17) is 9.47 Å². The standard InChI is InChI=1S/C17H34N4O3.HI/c1-5-18-15(20-11-12-23-13-14-7-8-14)19-9-6-10-21-16(22)24-17(2,3)4;/h14H,5-13H2,1-4H3,(H,21,22)(H2,18,19,20);1H. The van der Waals surface area contributed by atoms with Crippen LogP contribution in [0.1, 0.15) is 47.0 Å². The number of rotatable bonds is 10. The third-order valence-corrected chi connectivity index (χ3v) is 3.21. The Balaban J connectivity index is 0.00000576. The zero-order valence-corrected chi connectivity index (χ0v) is 18.4. The molecule has 1 aliphatic carbocycles. The number of carbonyl (C=O) groups excluding carboxylic acids is 1. The van der Waals surface area contributed by atoms with Crippen molar-refractivity contribution < 1.29 is 14.3 Å². The lowest BCUT2D eigenvalue weighted by Crippen LogP contribution is -2.39. The van der Waals surface area contributed by atoms with Crippen molar-refractivity contribution in [3.8, 4) is 0 Å². The fourth-order valence-corrected chi connectivity index (χ4v) is 1.89. The molecule has 8 heteroatoms. The number of guanidine groups is 1.